The van der Waals surface area contributed by atoms with E-state index in [9.17, 15) is 17.6 Å². The van der Waals surface area contributed by atoms with Crippen molar-refractivity contribution in [2.75, 3.05) is 18.8 Å². The predicted molar refractivity (Wildman–Crippen MR) is 82.4 cm³/mol. The average Bonchev–Trinajstić information content (AvgIpc) is 2.54. The lowest BCUT2D eigenvalue weighted by Gasteiger charge is -2.34. The van der Waals surface area contributed by atoms with E-state index in [1.165, 1.54) is 4.31 Å². The average molecular weight is 328 g/mol. The number of nitrogens with zero attached hydrogens (tertiary/aromatic N) is 1. The molecule has 0 saturated carbocycles. The van der Waals surface area contributed by atoms with Gasteiger partial charge in [0.05, 0.1) is 5.75 Å². The number of amides is 1. The number of nitrogens with one attached hydrogen (secondary N) is 1. The molecule has 122 valence electrons. The Morgan fingerprint density at radius 1 is 1.27 bits per heavy atom. The van der Waals surface area contributed by atoms with Crippen LogP contribution in [0.2, 0.25) is 0 Å². The number of hydrogen-bond donors (Lipinski definition) is 1. The molecule has 1 amide bonds. The number of sulfonamides is 1. The van der Waals surface area contributed by atoms with Crippen LogP contribution < -0.4 is 5.32 Å². The summed E-state index contributed by atoms with van der Waals surface area (Å²) in [5.74, 6) is -0.670. The molecule has 0 atom stereocenters. The first-order chi connectivity index (χ1) is 10.4. The van der Waals surface area contributed by atoms with E-state index in [1.54, 1.807) is 6.92 Å². The normalized spacial score (nSPS) is 18.8. The van der Waals surface area contributed by atoms with Crippen molar-refractivity contribution in [3.63, 3.8) is 0 Å². The summed E-state index contributed by atoms with van der Waals surface area (Å²) >= 11 is 0. The summed E-state index contributed by atoms with van der Waals surface area (Å²) in [6.45, 7) is 1.92. The molecule has 0 unspecified atom stereocenters. The number of hydrogen-bond acceptors (Lipinski definition) is 3. The molecule has 22 heavy (non-hydrogen) atoms. The number of benzene rings is 1. The number of piperidine rings is 1. The first-order valence-corrected chi connectivity index (χ1v) is 8.97. The minimum Gasteiger partial charge on any atom is -0.349 e. The summed E-state index contributed by atoms with van der Waals surface area (Å²) in [7, 11) is -3.32. The van der Waals surface area contributed by atoms with Gasteiger partial charge >= 0.3 is 0 Å². The van der Waals surface area contributed by atoms with Gasteiger partial charge in [-0.1, -0.05) is 30.3 Å². The lowest BCUT2D eigenvalue weighted by atomic mass is 9.93. The van der Waals surface area contributed by atoms with E-state index in [0.29, 0.717) is 0 Å². The monoisotopic (exact) mass is 328 g/mol. The van der Waals surface area contributed by atoms with Crippen molar-refractivity contribution in [2.45, 2.75) is 32.0 Å². The summed E-state index contributed by atoms with van der Waals surface area (Å²) in [5, 5.41) is 2.59. The van der Waals surface area contributed by atoms with Crippen LogP contribution in [0.1, 0.15) is 25.3 Å². The number of carbonyl (C=O) groups excluding carboxylic acids is 1. The summed E-state index contributed by atoms with van der Waals surface area (Å²) in [4.78, 5) is 12.1. The molecule has 1 fully saturated rings. The molecule has 7 heteroatoms. The van der Waals surface area contributed by atoms with Gasteiger partial charge in [0.2, 0.25) is 10.0 Å². The van der Waals surface area contributed by atoms with Gasteiger partial charge in [-0.15, -0.1) is 0 Å². The van der Waals surface area contributed by atoms with Crippen molar-refractivity contribution in [2.24, 2.45) is 0 Å². The van der Waals surface area contributed by atoms with Crippen molar-refractivity contribution in [3.05, 3.63) is 35.9 Å². The Hall–Kier alpha value is -1.47. The molecule has 0 aliphatic carbocycles. The van der Waals surface area contributed by atoms with Crippen LogP contribution in [0.5, 0.6) is 0 Å². The molecule has 0 spiro atoms. The fraction of sp³-hybridized carbons (Fsp3) is 0.533. The standard InChI is InChI=1S/C15H21FN2O3S/c1-2-22(20,21)18-10-8-15(16,9-11-18)14(19)17-12-13-6-4-3-5-7-13/h3-7H,2,8-12H2,1H3,(H,17,19). The minimum absolute atomic E-state index is 0.00745. The van der Waals surface area contributed by atoms with Crippen LogP contribution in [0.3, 0.4) is 0 Å². The van der Waals surface area contributed by atoms with Gasteiger partial charge in [-0.25, -0.2) is 17.1 Å². The first kappa shape index (κ1) is 16.9. The largest absolute Gasteiger partial charge is 0.349 e. The molecule has 5 nitrogen and oxygen atoms in total. The smallest absolute Gasteiger partial charge is 0.258 e. The van der Waals surface area contributed by atoms with Crippen LogP contribution >= 0.6 is 0 Å². The lowest BCUT2D eigenvalue weighted by molar-refractivity contribution is -0.135. The zero-order chi connectivity index (χ0) is 16.2. The molecule has 1 heterocycles. The Kier molecular flexibility index (Phi) is 5.18. The van der Waals surface area contributed by atoms with Gasteiger partial charge in [-0.05, 0) is 12.5 Å². The molecule has 1 saturated heterocycles. The van der Waals surface area contributed by atoms with Crippen LogP contribution in [0, 0.1) is 0 Å². The van der Waals surface area contributed by atoms with Crippen LogP contribution in [-0.4, -0.2) is 43.1 Å². The third kappa shape index (κ3) is 3.84. The highest BCUT2D eigenvalue weighted by Gasteiger charge is 2.43. The fourth-order valence-corrected chi connectivity index (χ4v) is 3.57. The minimum atomic E-state index is -3.32. The molecule has 0 aromatic heterocycles. The van der Waals surface area contributed by atoms with Crippen LogP contribution in [0.15, 0.2) is 30.3 Å². The van der Waals surface area contributed by atoms with E-state index in [1.807, 2.05) is 30.3 Å². The molecular weight excluding hydrogens is 307 g/mol. The van der Waals surface area contributed by atoms with E-state index in [0.717, 1.165) is 5.56 Å². The topological polar surface area (TPSA) is 66.5 Å². The fourth-order valence-electron chi connectivity index (χ4n) is 2.47. The second kappa shape index (κ2) is 6.75. The van der Waals surface area contributed by atoms with Crippen molar-refractivity contribution >= 4 is 15.9 Å². The zero-order valence-electron chi connectivity index (χ0n) is 12.6. The molecule has 1 aromatic rings. The highest BCUT2D eigenvalue weighted by molar-refractivity contribution is 7.89. The highest BCUT2D eigenvalue weighted by atomic mass is 32.2. The number of halogens is 1. The predicted octanol–water partition coefficient (Wildman–Crippen LogP) is 1.46. The van der Waals surface area contributed by atoms with E-state index < -0.39 is 21.6 Å². The molecule has 2 rings (SSSR count). The Balaban J connectivity index is 1.91. The van der Waals surface area contributed by atoms with Crippen molar-refractivity contribution < 1.29 is 17.6 Å². The van der Waals surface area contributed by atoms with E-state index >= 15 is 0 Å². The van der Waals surface area contributed by atoms with Gasteiger partial charge in [-0.3, -0.25) is 4.79 Å². The Bertz CT molecular complexity index is 611. The number of carbonyl (C=O) groups is 1. The van der Waals surface area contributed by atoms with Gasteiger partial charge in [0.25, 0.3) is 5.91 Å². The third-order valence-electron chi connectivity index (χ3n) is 3.98. The van der Waals surface area contributed by atoms with Gasteiger partial charge in [0.15, 0.2) is 5.67 Å². The maximum atomic E-state index is 14.7. The SMILES string of the molecule is CCS(=O)(=O)N1CCC(F)(C(=O)NCc2ccccc2)CC1. The Morgan fingerprint density at radius 3 is 2.41 bits per heavy atom. The highest BCUT2D eigenvalue weighted by Crippen LogP contribution is 2.28. The Labute approximate surface area is 130 Å². The number of alkyl halides is 1. The second-order valence-electron chi connectivity index (χ2n) is 5.43. The summed E-state index contributed by atoms with van der Waals surface area (Å²) < 4.78 is 39.5. The molecule has 1 aliphatic rings. The van der Waals surface area contributed by atoms with E-state index in [4.69, 9.17) is 0 Å². The first-order valence-electron chi connectivity index (χ1n) is 7.36. The molecule has 1 aliphatic heterocycles. The summed E-state index contributed by atoms with van der Waals surface area (Å²) in [6.07, 6.45) is -0.209. The van der Waals surface area contributed by atoms with E-state index in [2.05, 4.69) is 5.32 Å². The van der Waals surface area contributed by atoms with Gasteiger partial charge in [0.1, 0.15) is 0 Å². The molecule has 0 bridgehead atoms. The quantitative estimate of drug-likeness (QED) is 0.890. The van der Waals surface area contributed by atoms with Crippen molar-refractivity contribution in [1.82, 2.24) is 9.62 Å². The zero-order valence-corrected chi connectivity index (χ0v) is 13.4. The molecule has 1 N–H and O–H groups in total. The van der Waals surface area contributed by atoms with Crippen molar-refractivity contribution in [3.8, 4) is 0 Å². The maximum Gasteiger partial charge on any atom is 0.258 e. The molecule has 1 aromatic carbocycles. The van der Waals surface area contributed by atoms with Gasteiger partial charge in [-0.2, -0.15) is 0 Å². The van der Waals surface area contributed by atoms with E-state index in [-0.39, 0.29) is 38.2 Å². The van der Waals surface area contributed by atoms with Crippen LogP contribution in [0.4, 0.5) is 4.39 Å². The summed E-state index contributed by atoms with van der Waals surface area (Å²) in [5.41, 5.74) is -1.10. The summed E-state index contributed by atoms with van der Waals surface area (Å²) in [6, 6.07) is 9.26. The second-order valence-corrected chi connectivity index (χ2v) is 7.69. The molecular formula is C15H21FN2O3S. The molecule has 0 radical (unpaired) electrons. The number of rotatable bonds is 5. The maximum absolute atomic E-state index is 14.7. The van der Waals surface area contributed by atoms with Crippen LogP contribution in [-0.2, 0) is 21.4 Å². The van der Waals surface area contributed by atoms with Crippen molar-refractivity contribution in [1.29, 1.82) is 0 Å². The lowest BCUT2D eigenvalue weighted by Crippen LogP contribution is -2.52. The Morgan fingerprint density at radius 2 is 1.86 bits per heavy atom. The van der Waals surface area contributed by atoms with Crippen LogP contribution in [0.25, 0.3) is 0 Å². The van der Waals surface area contributed by atoms with Gasteiger partial charge < -0.3 is 5.32 Å². The van der Waals surface area contributed by atoms with Gasteiger partial charge in [0, 0.05) is 32.5 Å². The third-order valence-corrected chi connectivity index (χ3v) is 5.86.